The zero-order valence-corrected chi connectivity index (χ0v) is 14.4. The van der Waals surface area contributed by atoms with Crippen LogP contribution in [0.3, 0.4) is 0 Å². The molecule has 1 aliphatic rings. The van der Waals surface area contributed by atoms with Gasteiger partial charge in [0.05, 0.1) is 6.61 Å². The highest BCUT2D eigenvalue weighted by atomic mass is 16.5. The summed E-state index contributed by atoms with van der Waals surface area (Å²) in [6, 6.07) is 0. The van der Waals surface area contributed by atoms with E-state index in [-0.39, 0.29) is 5.54 Å². The van der Waals surface area contributed by atoms with Crippen LogP contribution in [0, 0.1) is 5.41 Å². The van der Waals surface area contributed by atoms with Crippen LogP contribution in [0.2, 0.25) is 0 Å². The molecule has 0 aromatic carbocycles. The first-order valence-electron chi connectivity index (χ1n) is 8.37. The molecule has 3 nitrogen and oxygen atoms in total. The lowest BCUT2D eigenvalue weighted by atomic mass is 9.73. The molecule has 1 N–H and O–H groups in total. The normalized spacial score (nSPS) is 19.5. The predicted octanol–water partition coefficient (Wildman–Crippen LogP) is 3.29. The molecule has 1 rings (SSSR count). The molecule has 120 valence electrons. The third kappa shape index (κ3) is 6.55. The summed E-state index contributed by atoms with van der Waals surface area (Å²) in [6.45, 7) is 14.5. The fourth-order valence-corrected chi connectivity index (χ4v) is 3.19. The minimum Gasteiger partial charge on any atom is -0.383 e. The number of ether oxygens (including phenoxy) is 1. The average molecular weight is 284 g/mol. The van der Waals surface area contributed by atoms with Gasteiger partial charge in [0, 0.05) is 32.3 Å². The largest absolute Gasteiger partial charge is 0.383 e. The molecule has 20 heavy (non-hydrogen) atoms. The third-order valence-electron chi connectivity index (χ3n) is 4.53. The Morgan fingerprint density at radius 2 is 1.80 bits per heavy atom. The van der Waals surface area contributed by atoms with Gasteiger partial charge < -0.3 is 15.0 Å². The van der Waals surface area contributed by atoms with Crippen molar-refractivity contribution >= 4 is 0 Å². The second-order valence-corrected chi connectivity index (χ2v) is 7.53. The Balaban J connectivity index is 2.61. The first-order chi connectivity index (χ1) is 9.41. The Morgan fingerprint density at radius 3 is 2.30 bits per heavy atom. The van der Waals surface area contributed by atoms with E-state index in [4.69, 9.17) is 4.74 Å². The number of hydrogen-bond acceptors (Lipinski definition) is 3. The van der Waals surface area contributed by atoms with Crippen LogP contribution < -0.4 is 5.32 Å². The number of methoxy groups -OCH3 is 1. The molecule has 0 heterocycles. The number of hydrogen-bond donors (Lipinski definition) is 1. The van der Waals surface area contributed by atoms with E-state index in [1.165, 1.54) is 38.6 Å². The van der Waals surface area contributed by atoms with Gasteiger partial charge in [-0.15, -0.1) is 0 Å². The summed E-state index contributed by atoms with van der Waals surface area (Å²) >= 11 is 0. The second kappa shape index (κ2) is 8.35. The highest BCUT2D eigenvalue weighted by molar-refractivity contribution is 4.89. The molecule has 0 atom stereocenters. The molecule has 0 aromatic rings. The van der Waals surface area contributed by atoms with Gasteiger partial charge in [-0.2, -0.15) is 0 Å². The monoisotopic (exact) mass is 284 g/mol. The summed E-state index contributed by atoms with van der Waals surface area (Å²) in [5.74, 6) is 0. The van der Waals surface area contributed by atoms with Crippen molar-refractivity contribution in [3.63, 3.8) is 0 Å². The molecule has 0 spiro atoms. The summed E-state index contributed by atoms with van der Waals surface area (Å²) < 4.78 is 5.25. The standard InChI is InChI=1S/C17H36N2O/c1-6-19(12-13-20-5)15-17(10-8-7-9-11-17)14-18-16(2,3)4/h18H,6-15H2,1-5H3. The van der Waals surface area contributed by atoms with Crippen molar-refractivity contribution in [1.82, 2.24) is 10.2 Å². The Morgan fingerprint density at radius 1 is 1.15 bits per heavy atom. The van der Waals surface area contributed by atoms with Gasteiger partial charge in [0.1, 0.15) is 0 Å². The molecule has 0 amide bonds. The Kier molecular flexibility index (Phi) is 7.49. The second-order valence-electron chi connectivity index (χ2n) is 7.53. The van der Waals surface area contributed by atoms with E-state index in [2.05, 4.69) is 37.9 Å². The quantitative estimate of drug-likeness (QED) is 0.740. The van der Waals surface area contributed by atoms with Crippen molar-refractivity contribution in [3.05, 3.63) is 0 Å². The van der Waals surface area contributed by atoms with E-state index < -0.39 is 0 Å². The molecule has 1 fully saturated rings. The van der Waals surface area contributed by atoms with E-state index in [1.54, 1.807) is 7.11 Å². The molecular formula is C17H36N2O. The summed E-state index contributed by atoms with van der Waals surface area (Å²) in [5, 5.41) is 3.76. The van der Waals surface area contributed by atoms with Gasteiger partial charge in [-0.1, -0.05) is 26.2 Å². The lowest BCUT2D eigenvalue weighted by Gasteiger charge is -2.43. The van der Waals surface area contributed by atoms with Crippen LogP contribution in [0.25, 0.3) is 0 Å². The van der Waals surface area contributed by atoms with Gasteiger partial charge in [0.15, 0.2) is 0 Å². The van der Waals surface area contributed by atoms with Gasteiger partial charge in [-0.3, -0.25) is 0 Å². The van der Waals surface area contributed by atoms with Crippen molar-refractivity contribution in [1.29, 1.82) is 0 Å². The summed E-state index contributed by atoms with van der Waals surface area (Å²) in [5.41, 5.74) is 0.684. The molecule has 0 aromatic heterocycles. The van der Waals surface area contributed by atoms with Crippen LogP contribution in [0.5, 0.6) is 0 Å². The molecular weight excluding hydrogens is 248 g/mol. The first kappa shape index (κ1) is 17.9. The Labute approximate surface area is 126 Å². The van der Waals surface area contributed by atoms with E-state index in [9.17, 15) is 0 Å². The molecule has 1 aliphatic carbocycles. The fraction of sp³-hybridized carbons (Fsp3) is 1.00. The minimum atomic E-state index is 0.216. The predicted molar refractivity (Wildman–Crippen MR) is 87.3 cm³/mol. The molecule has 0 bridgehead atoms. The fourth-order valence-electron chi connectivity index (χ4n) is 3.19. The molecule has 3 heteroatoms. The molecule has 0 unspecified atom stereocenters. The van der Waals surface area contributed by atoms with E-state index in [0.717, 1.165) is 26.2 Å². The third-order valence-corrected chi connectivity index (χ3v) is 4.53. The number of nitrogens with zero attached hydrogens (tertiary/aromatic N) is 1. The van der Waals surface area contributed by atoms with Gasteiger partial charge in [0.2, 0.25) is 0 Å². The summed E-state index contributed by atoms with van der Waals surface area (Å²) in [6.07, 6.45) is 6.96. The average Bonchev–Trinajstić information content (AvgIpc) is 2.42. The zero-order chi connectivity index (χ0) is 15.1. The van der Waals surface area contributed by atoms with Crippen molar-refractivity contribution < 1.29 is 4.74 Å². The van der Waals surface area contributed by atoms with Gasteiger partial charge in [-0.25, -0.2) is 0 Å². The van der Waals surface area contributed by atoms with Crippen LogP contribution >= 0.6 is 0 Å². The summed E-state index contributed by atoms with van der Waals surface area (Å²) in [7, 11) is 1.80. The van der Waals surface area contributed by atoms with Gasteiger partial charge >= 0.3 is 0 Å². The van der Waals surface area contributed by atoms with Crippen molar-refractivity contribution in [2.45, 2.75) is 65.3 Å². The smallest absolute Gasteiger partial charge is 0.0589 e. The van der Waals surface area contributed by atoms with Gasteiger partial charge in [0.25, 0.3) is 0 Å². The van der Waals surface area contributed by atoms with Gasteiger partial charge in [-0.05, 0) is 45.6 Å². The number of rotatable bonds is 8. The van der Waals surface area contributed by atoms with Crippen LogP contribution in [0.1, 0.15) is 59.8 Å². The summed E-state index contributed by atoms with van der Waals surface area (Å²) in [4.78, 5) is 2.57. The first-order valence-corrected chi connectivity index (χ1v) is 8.37. The lowest BCUT2D eigenvalue weighted by Crippen LogP contribution is -2.50. The molecule has 0 aliphatic heterocycles. The molecule has 0 saturated heterocycles. The molecule has 0 radical (unpaired) electrons. The van der Waals surface area contributed by atoms with Crippen molar-refractivity contribution in [3.8, 4) is 0 Å². The zero-order valence-electron chi connectivity index (χ0n) is 14.4. The Bertz CT molecular complexity index is 254. The number of nitrogens with one attached hydrogen (secondary N) is 1. The van der Waals surface area contributed by atoms with Crippen molar-refractivity contribution in [2.75, 3.05) is 39.9 Å². The highest BCUT2D eigenvalue weighted by Crippen LogP contribution is 2.37. The van der Waals surface area contributed by atoms with Crippen LogP contribution in [-0.2, 0) is 4.74 Å². The van der Waals surface area contributed by atoms with E-state index in [0.29, 0.717) is 5.41 Å². The Hall–Kier alpha value is -0.120. The van der Waals surface area contributed by atoms with Crippen LogP contribution in [0.4, 0.5) is 0 Å². The van der Waals surface area contributed by atoms with Crippen LogP contribution in [0.15, 0.2) is 0 Å². The van der Waals surface area contributed by atoms with E-state index >= 15 is 0 Å². The maximum Gasteiger partial charge on any atom is 0.0589 e. The molecule has 1 saturated carbocycles. The van der Waals surface area contributed by atoms with E-state index in [1.807, 2.05) is 0 Å². The maximum atomic E-state index is 5.25. The highest BCUT2D eigenvalue weighted by Gasteiger charge is 2.34. The minimum absolute atomic E-state index is 0.216. The maximum absolute atomic E-state index is 5.25. The lowest BCUT2D eigenvalue weighted by molar-refractivity contribution is 0.0771. The van der Waals surface area contributed by atoms with Crippen molar-refractivity contribution in [2.24, 2.45) is 5.41 Å². The van der Waals surface area contributed by atoms with Crippen LogP contribution in [-0.4, -0.2) is 50.3 Å². The SMILES string of the molecule is CCN(CCOC)CC1(CNC(C)(C)C)CCCCC1. The topological polar surface area (TPSA) is 24.5 Å². The number of likely N-dealkylation sites (N-methyl/N-ethyl adjacent to an activating group) is 1.